The largest absolute Gasteiger partial charge is 0.362 e. The number of hydrogen-bond acceptors (Lipinski definition) is 4. The highest BCUT2D eigenvalue weighted by Crippen LogP contribution is 2.37. The average molecular weight is 238 g/mol. The predicted molar refractivity (Wildman–Crippen MR) is 65.2 cm³/mol. The first-order chi connectivity index (χ1) is 7.91. The van der Waals surface area contributed by atoms with Gasteiger partial charge in [0.2, 0.25) is 5.82 Å². The Morgan fingerprint density at radius 3 is 2.59 bits per heavy atom. The van der Waals surface area contributed by atoms with Gasteiger partial charge in [-0.25, -0.2) is 4.68 Å². The molecule has 0 aliphatic heterocycles. The lowest BCUT2D eigenvalue weighted by atomic mass is 10.3. The van der Waals surface area contributed by atoms with Crippen LogP contribution < -0.4 is 5.32 Å². The topological polar surface area (TPSA) is 73.0 Å². The Morgan fingerprint density at radius 2 is 2.18 bits per heavy atom. The van der Waals surface area contributed by atoms with Crippen molar-refractivity contribution in [3.05, 3.63) is 15.8 Å². The average Bonchev–Trinajstić information content (AvgIpc) is 2.76. The Balaban J connectivity index is 2.39. The first kappa shape index (κ1) is 11.9. The summed E-state index contributed by atoms with van der Waals surface area (Å²) in [6.07, 6.45) is 1.07. The molecular weight excluding hydrogens is 220 g/mol. The van der Waals surface area contributed by atoms with E-state index in [1.54, 1.807) is 11.6 Å². The third-order valence-corrected chi connectivity index (χ3v) is 3.16. The van der Waals surface area contributed by atoms with Gasteiger partial charge in [-0.2, -0.15) is 5.10 Å². The SMILES string of the molecule is Cc1nn(C(C)C)c(NC2CC2C)c1[N+](=O)[O-]. The molecule has 1 N–H and O–H groups in total. The summed E-state index contributed by atoms with van der Waals surface area (Å²) in [5, 5.41) is 18.6. The van der Waals surface area contributed by atoms with Crippen LogP contribution in [0.2, 0.25) is 0 Å². The van der Waals surface area contributed by atoms with E-state index in [0.29, 0.717) is 23.5 Å². The van der Waals surface area contributed by atoms with Gasteiger partial charge in [-0.05, 0) is 33.1 Å². The van der Waals surface area contributed by atoms with Crippen LogP contribution in [0, 0.1) is 23.0 Å². The minimum atomic E-state index is -0.351. The number of anilines is 1. The van der Waals surface area contributed by atoms with Gasteiger partial charge in [0.15, 0.2) is 0 Å². The van der Waals surface area contributed by atoms with Crippen LogP contribution in [0.4, 0.5) is 11.5 Å². The molecule has 0 radical (unpaired) electrons. The molecule has 6 heteroatoms. The van der Waals surface area contributed by atoms with Gasteiger partial charge < -0.3 is 5.32 Å². The zero-order chi connectivity index (χ0) is 12.7. The van der Waals surface area contributed by atoms with Gasteiger partial charge in [-0.3, -0.25) is 10.1 Å². The summed E-state index contributed by atoms with van der Waals surface area (Å²) in [6, 6.07) is 0.459. The van der Waals surface area contributed by atoms with Crippen molar-refractivity contribution in [2.45, 2.75) is 46.2 Å². The predicted octanol–water partition coefficient (Wildman–Crippen LogP) is 2.50. The van der Waals surface area contributed by atoms with Crippen LogP contribution >= 0.6 is 0 Å². The van der Waals surface area contributed by atoms with E-state index in [4.69, 9.17) is 0 Å². The fourth-order valence-corrected chi connectivity index (χ4v) is 1.96. The molecule has 2 unspecified atom stereocenters. The normalized spacial score (nSPS) is 22.9. The lowest BCUT2D eigenvalue weighted by Gasteiger charge is -2.11. The van der Waals surface area contributed by atoms with Crippen molar-refractivity contribution in [2.24, 2.45) is 5.92 Å². The second-order valence-corrected chi connectivity index (χ2v) is 5.04. The van der Waals surface area contributed by atoms with Gasteiger partial charge in [0, 0.05) is 12.1 Å². The second kappa shape index (κ2) is 4.01. The van der Waals surface area contributed by atoms with Crippen LogP contribution in [0.5, 0.6) is 0 Å². The maximum absolute atomic E-state index is 11.1. The second-order valence-electron chi connectivity index (χ2n) is 5.04. The molecule has 1 fully saturated rings. The molecule has 0 spiro atoms. The third kappa shape index (κ3) is 2.11. The minimum Gasteiger partial charge on any atom is -0.362 e. The number of aromatic nitrogens is 2. The molecule has 0 saturated heterocycles. The number of hydrogen-bond donors (Lipinski definition) is 1. The van der Waals surface area contributed by atoms with Crippen molar-refractivity contribution in [1.82, 2.24) is 9.78 Å². The van der Waals surface area contributed by atoms with E-state index in [1.165, 1.54) is 0 Å². The van der Waals surface area contributed by atoms with E-state index in [-0.39, 0.29) is 16.7 Å². The summed E-state index contributed by atoms with van der Waals surface area (Å²) in [6.45, 7) is 7.75. The van der Waals surface area contributed by atoms with E-state index < -0.39 is 0 Å². The Hall–Kier alpha value is -1.59. The Bertz CT molecular complexity index is 453. The molecule has 1 aromatic rings. The smallest absolute Gasteiger partial charge is 0.333 e. The van der Waals surface area contributed by atoms with Crippen LogP contribution in [-0.2, 0) is 0 Å². The van der Waals surface area contributed by atoms with E-state index >= 15 is 0 Å². The van der Waals surface area contributed by atoms with E-state index in [9.17, 15) is 10.1 Å². The highest BCUT2D eigenvalue weighted by Gasteiger charge is 2.36. The van der Waals surface area contributed by atoms with Crippen molar-refractivity contribution in [3.8, 4) is 0 Å². The monoisotopic (exact) mass is 238 g/mol. The van der Waals surface area contributed by atoms with Gasteiger partial charge in [0.25, 0.3) is 0 Å². The molecule has 1 aliphatic carbocycles. The molecule has 1 aliphatic rings. The fourth-order valence-electron chi connectivity index (χ4n) is 1.96. The summed E-state index contributed by atoms with van der Waals surface area (Å²) < 4.78 is 1.71. The van der Waals surface area contributed by atoms with Gasteiger partial charge >= 0.3 is 5.69 Å². The summed E-state index contributed by atoms with van der Waals surface area (Å²) in [5.41, 5.74) is 0.581. The molecule has 2 rings (SSSR count). The van der Waals surface area contributed by atoms with Crippen molar-refractivity contribution in [2.75, 3.05) is 5.32 Å². The standard InChI is InChI=1S/C11H18N4O2/c1-6(2)14-11(12-9-5-7(9)3)10(15(16)17)8(4)13-14/h6-7,9,12H,5H2,1-4H3. The Kier molecular flexibility index (Phi) is 2.81. The Morgan fingerprint density at radius 1 is 1.59 bits per heavy atom. The number of nitrogens with one attached hydrogen (secondary N) is 1. The van der Waals surface area contributed by atoms with Crippen molar-refractivity contribution < 1.29 is 4.92 Å². The molecule has 0 amide bonds. The maximum atomic E-state index is 11.1. The molecule has 94 valence electrons. The zero-order valence-corrected chi connectivity index (χ0v) is 10.6. The van der Waals surface area contributed by atoms with Gasteiger partial charge in [-0.15, -0.1) is 0 Å². The van der Waals surface area contributed by atoms with Crippen LogP contribution in [0.1, 0.15) is 38.9 Å². The summed E-state index contributed by atoms with van der Waals surface area (Å²) in [4.78, 5) is 10.7. The molecule has 1 saturated carbocycles. The van der Waals surface area contributed by atoms with Crippen molar-refractivity contribution in [1.29, 1.82) is 0 Å². The highest BCUT2D eigenvalue weighted by molar-refractivity contribution is 5.60. The number of rotatable bonds is 4. The van der Waals surface area contributed by atoms with Gasteiger partial charge in [0.05, 0.1) is 4.92 Å². The number of nitro groups is 1. The fraction of sp³-hybridized carbons (Fsp3) is 0.727. The summed E-state index contributed by atoms with van der Waals surface area (Å²) >= 11 is 0. The van der Waals surface area contributed by atoms with Crippen LogP contribution in [0.3, 0.4) is 0 Å². The summed E-state index contributed by atoms with van der Waals surface area (Å²) in [7, 11) is 0. The lowest BCUT2D eigenvalue weighted by molar-refractivity contribution is -0.384. The molecule has 2 atom stereocenters. The maximum Gasteiger partial charge on any atom is 0.333 e. The minimum absolute atomic E-state index is 0.109. The molecule has 1 heterocycles. The van der Waals surface area contributed by atoms with Gasteiger partial charge in [0.1, 0.15) is 5.69 Å². The van der Waals surface area contributed by atoms with Gasteiger partial charge in [-0.1, -0.05) is 6.92 Å². The van der Waals surface area contributed by atoms with Crippen LogP contribution in [0.15, 0.2) is 0 Å². The van der Waals surface area contributed by atoms with Crippen LogP contribution in [0.25, 0.3) is 0 Å². The molecular formula is C11H18N4O2. The molecule has 0 bridgehead atoms. The van der Waals surface area contributed by atoms with Crippen LogP contribution in [-0.4, -0.2) is 20.7 Å². The van der Waals surface area contributed by atoms with E-state index in [0.717, 1.165) is 6.42 Å². The first-order valence-corrected chi connectivity index (χ1v) is 5.91. The molecule has 6 nitrogen and oxygen atoms in total. The number of nitrogens with zero attached hydrogens (tertiary/aromatic N) is 3. The van der Waals surface area contributed by atoms with Crippen molar-refractivity contribution >= 4 is 11.5 Å². The summed E-state index contributed by atoms with van der Waals surface area (Å²) in [5.74, 6) is 1.14. The molecule has 17 heavy (non-hydrogen) atoms. The molecule has 0 aromatic carbocycles. The third-order valence-electron chi connectivity index (χ3n) is 3.16. The van der Waals surface area contributed by atoms with E-state index in [1.807, 2.05) is 13.8 Å². The lowest BCUT2D eigenvalue weighted by Crippen LogP contribution is -2.13. The highest BCUT2D eigenvalue weighted by atomic mass is 16.6. The Labute approximate surface area is 100 Å². The van der Waals surface area contributed by atoms with Crippen molar-refractivity contribution in [3.63, 3.8) is 0 Å². The molecule has 1 aromatic heterocycles. The van der Waals surface area contributed by atoms with E-state index in [2.05, 4.69) is 17.3 Å². The quantitative estimate of drug-likeness (QED) is 0.646. The number of aryl methyl sites for hydroxylation is 1. The first-order valence-electron chi connectivity index (χ1n) is 5.91. The zero-order valence-electron chi connectivity index (χ0n) is 10.6.